The lowest BCUT2D eigenvalue weighted by Gasteiger charge is -2.23. The van der Waals surface area contributed by atoms with Gasteiger partial charge in [0.05, 0.1) is 0 Å². The molecule has 15 heavy (non-hydrogen) atoms. The summed E-state index contributed by atoms with van der Waals surface area (Å²) in [5.41, 5.74) is 0.223. The second kappa shape index (κ2) is 5.46. The highest BCUT2D eigenvalue weighted by molar-refractivity contribution is 9.10. The zero-order valence-corrected chi connectivity index (χ0v) is 12.3. The van der Waals surface area contributed by atoms with Crippen molar-refractivity contribution in [2.24, 2.45) is 5.92 Å². The van der Waals surface area contributed by atoms with E-state index in [2.05, 4.69) is 60.4 Å². The van der Waals surface area contributed by atoms with E-state index >= 15 is 0 Å². The van der Waals surface area contributed by atoms with E-state index in [0.29, 0.717) is 5.92 Å². The molecule has 1 rings (SSSR count). The van der Waals surface area contributed by atoms with Crippen LogP contribution in [0.3, 0.4) is 0 Å². The maximum atomic E-state index is 3.58. The van der Waals surface area contributed by atoms with Gasteiger partial charge in [0, 0.05) is 14.9 Å². The predicted molar refractivity (Wildman–Crippen MR) is 72.6 cm³/mol. The molecule has 0 radical (unpaired) electrons. The fourth-order valence-electron chi connectivity index (χ4n) is 1.34. The third-order valence-electron chi connectivity index (χ3n) is 2.21. The second-order valence-corrected chi connectivity index (χ2v) is 6.99. The van der Waals surface area contributed by atoms with Crippen LogP contribution in [0, 0.1) is 5.92 Å². The molecule has 3 heteroatoms. The van der Waals surface area contributed by atoms with Crippen molar-refractivity contribution < 1.29 is 0 Å². The highest BCUT2D eigenvalue weighted by Crippen LogP contribution is 2.25. The summed E-state index contributed by atoms with van der Waals surface area (Å²) in [5.74, 6) is 0.680. The fourth-order valence-corrected chi connectivity index (χ4v) is 3.02. The summed E-state index contributed by atoms with van der Waals surface area (Å²) in [6.07, 6.45) is 1.15. The molecule has 1 atom stereocenters. The highest BCUT2D eigenvalue weighted by Gasteiger charge is 2.12. The standard InChI is InChI=1S/C12H20BrNS/c1-9(8-14-12(2,3)4)7-11-10(13)5-6-15-11/h5-6,9,14H,7-8H2,1-4H3. The molecule has 0 aliphatic heterocycles. The van der Waals surface area contributed by atoms with Crippen molar-refractivity contribution >= 4 is 27.3 Å². The van der Waals surface area contributed by atoms with Crippen molar-refractivity contribution in [1.29, 1.82) is 0 Å². The molecule has 0 aliphatic rings. The van der Waals surface area contributed by atoms with Gasteiger partial charge < -0.3 is 5.32 Å². The van der Waals surface area contributed by atoms with E-state index in [-0.39, 0.29) is 5.54 Å². The van der Waals surface area contributed by atoms with Crippen molar-refractivity contribution in [2.75, 3.05) is 6.54 Å². The Hall–Kier alpha value is 0.140. The molecule has 0 aliphatic carbocycles. The molecule has 0 saturated carbocycles. The first-order valence-electron chi connectivity index (χ1n) is 5.35. The quantitative estimate of drug-likeness (QED) is 0.881. The summed E-state index contributed by atoms with van der Waals surface area (Å²) in [5, 5.41) is 5.69. The molecule has 0 spiro atoms. The first kappa shape index (κ1) is 13.2. The summed E-state index contributed by atoms with van der Waals surface area (Å²) in [6, 6.07) is 2.13. The van der Waals surface area contributed by atoms with Crippen molar-refractivity contribution in [3.8, 4) is 0 Å². The average molecular weight is 290 g/mol. The van der Waals surface area contributed by atoms with Crippen molar-refractivity contribution in [3.63, 3.8) is 0 Å². The normalized spacial score (nSPS) is 14.2. The number of halogens is 1. The smallest absolute Gasteiger partial charge is 0.0314 e. The van der Waals surface area contributed by atoms with Crippen LogP contribution in [0.2, 0.25) is 0 Å². The molecule has 86 valence electrons. The summed E-state index contributed by atoms with van der Waals surface area (Å²) < 4.78 is 1.26. The Bertz CT molecular complexity index is 301. The Balaban J connectivity index is 2.37. The molecule has 1 N–H and O–H groups in total. The Labute approximate surface area is 105 Å². The molecule has 1 heterocycles. The number of hydrogen-bond donors (Lipinski definition) is 1. The Morgan fingerprint density at radius 1 is 1.47 bits per heavy atom. The van der Waals surface area contributed by atoms with E-state index in [0.717, 1.165) is 13.0 Å². The number of thiophene rings is 1. The third kappa shape index (κ3) is 5.14. The number of rotatable bonds is 4. The monoisotopic (exact) mass is 289 g/mol. The maximum Gasteiger partial charge on any atom is 0.0314 e. The van der Waals surface area contributed by atoms with Gasteiger partial charge in [-0.3, -0.25) is 0 Å². The van der Waals surface area contributed by atoms with E-state index < -0.39 is 0 Å². The summed E-state index contributed by atoms with van der Waals surface area (Å²) in [4.78, 5) is 1.46. The van der Waals surface area contributed by atoms with Crippen LogP contribution in [0.25, 0.3) is 0 Å². The first-order chi connectivity index (χ1) is 6.88. The van der Waals surface area contributed by atoms with Crippen molar-refractivity contribution in [3.05, 3.63) is 20.8 Å². The van der Waals surface area contributed by atoms with E-state index in [1.807, 2.05) is 11.3 Å². The van der Waals surface area contributed by atoms with Gasteiger partial charge in [0.1, 0.15) is 0 Å². The first-order valence-corrected chi connectivity index (χ1v) is 7.02. The SMILES string of the molecule is CC(CNC(C)(C)C)Cc1sccc1Br. The molecular weight excluding hydrogens is 270 g/mol. The van der Waals surface area contributed by atoms with Crippen molar-refractivity contribution in [1.82, 2.24) is 5.32 Å². The largest absolute Gasteiger partial charge is 0.312 e. The van der Waals surface area contributed by atoms with Crippen LogP contribution in [0.4, 0.5) is 0 Å². The van der Waals surface area contributed by atoms with Gasteiger partial charge in [-0.15, -0.1) is 11.3 Å². The lowest BCUT2D eigenvalue weighted by atomic mass is 10.0. The molecule has 0 bridgehead atoms. The van der Waals surface area contributed by atoms with E-state index in [1.54, 1.807) is 0 Å². The van der Waals surface area contributed by atoms with E-state index in [4.69, 9.17) is 0 Å². The van der Waals surface area contributed by atoms with Crippen LogP contribution in [0.15, 0.2) is 15.9 Å². The van der Waals surface area contributed by atoms with Gasteiger partial charge in [-0.25, -0.2) is 0 Å². The minimum Gasteiger partial charge on any atom is -0.312 e. The second-order valence-electron chi connectivity index (χ2n) is 5.13. The molecule has 1 aromatic heterocycles. The van der Waals surface area contributed by atoms with E-state index in [1.165, 1.54) is 9.35 Å². The van der Waals surface area contributed by atoms with Gasteiger partial charge in [-0.1, -0.05) is 6.92 Å². The highest BCUT2D eigenvalue weighted by atomic mass is 79.9. The molecule has 0 saturated heterocycles. The summed E-state index contributed by atoms with van der Waals surface area (Å²) in [7, 11) is 0. The van der Waals surface area contributed by atoms with Crippen LogP contribution in [0.5, 0.6) is 0 Å². The molecule has 1 unspecified atom stereocenters. The number of nitrogens with one attached hydrogen (secondary N) is 1. The molecular formula is C12H20BrNS. The topological polar surface area (TPSA) is 12.0 Å². The minimum absolute atomic E-state index is 0.223. The summed E-state index contributed by atoms with van der Waals surface area (Å²) in [6.45, 7) is 10.0. The summed E-state index contributed by atoms with van der Waals surface area (Å²) >= 11 is 5.41. The Morgan fingerprint density at radius 2 is 2.13 bits per heavy atom. The van der Waals surface area contributed by atoms with Gasteiger partial charge in [0.15, 0.2) is 0 Å². The molecule has 1 nitrogen and oxygen atoms in total. The van der Waals surface area contributed by atoms with E-state index in [9.17, 15) is 0 Å². The molecule has 0 aromatic carbocycles. The van der Waals surface area contributed by atoms with Crippen LogP contribution in [-0.2, 0) is 6.42 Å². The molecule has 0 amide bonds. The van der Waals surface area contributed by atoms with Gasteiger partial charge in [-0.2, -0.15) is 0 Å². The number of hydrogen-bond acceptors (Lipinski definition) is 2. The third-order valence-corrected chi connectivity index (χ3v) is 4.15. The zero-order chi connectivity index (χ0) is 11.5. The zero-order valence-electron chi connectivity index (χ0n) is 9.93. The molecule has 0 fully saturated rings. The van der Waals surface area contributed by atoms with Gasteiger partial charge in [0.25, 0.3) is 0 Å². The fraction of sp³-hybridized carbons (Fsp3) is 0.667. The van der Waals surface area contributed by atoms with Gasteiger partial charge in [0.2, 0.25) is 0 Å². The van der Waals surface area contributed by atoms with Gasteiger partial charge in [-0.05, 0) is 67.0 Å². The van der Waals surface area contributed by atoms with Crippen LogP contribution < -0.4 is 5.32 Å². The van der Waals surface area contributed by atoms with Gasteiger partial charge >= 0.3 is 0 Å². The maximum absolute atomic E-state index is 3.58. The van der Waals surface area contributed by atoms with Crippen LogP contribution in [-0.4, -0.2) is 12.1 Å². The predicted octanol–water partition coefficient (Wildman–Crippen LogP) is 4.08. The lowest BCUT2D eigenvalue weighted by molar-refractivity contribution is 0.382. The van der Waals surface area contributed by atoms with Crippen molar-refractivity contribution in [2.45, 2.75) is 39.7 Å². The molecule has 1 aromatic rings. The minimum atomic E-state index is 0.223. The average Bonchev–Trinajstić information content (AvgIpc) is 2.47. The Kier molecular flexibility index (Phi) is 4.81. The Morgan fingerprint density at radius 3 is 2.60 bits per heavy atom. The van der Waals surface area contributed by atoms with Crippen LogP contribution >= 0.6 is 27.3 Å². The lowest BCUT2D eigenvalue weighted by Crippen LogP contribution is -2.38. The van der Waals surface area contributed by atoms with Crippen LogP contribution in [0.1, 0.15) is 32.6 Å².